The Morgan fingerprint density at radius 2 is 1.64 bits per heavy atom. The first kappa shape index (κ1) is 25.5. The standard InChI is InChI=1S/C30H33NO5/c1-2-34-29(30(32)33)22-23-8-12-26(13-9-23)35-21-20-31-18-16-25(17-19-31)24-10-14-28(15-11-24)36-27-6-4-3-5-7-27/h3-16,29H,2,17-22H2,1H3,(H,32,33). The Kier molecular flexibility index (Phi) is 9.14. The number of rotatable bonds is 12. The van der Waals surface area contributed by atoms with Crippen LogP contribution in [0.25, 0.3) is 5.57 Å². The van der Waals surface area contributed by atoms with Crippen LogP contribution < -0.4 is 9.47 Å². The molecule has 0 fully saturated rings. The molecule has 36 heavy (non-hydrogen) atoms. The summed E-state index contributed by atoms with van der Waals surface area (Å²) < 4.78 is 17.1. The molecule has 4 rings (SSSR count). The lowest BCUT2D eigenvalue weighted by atomic mass is 9.99. The van der Waals surface area contributed by atoms with E-state index in [2.05, 4.69) is 23.1 Å². The smallest absolute Gasteiger partial charge is 0.333 e. The number of carbonyl (C=O) groups is 1. The van der Waals surface area contributed by atoms with Gasteiger partial charge >= 0.3 is 5.97 Å². The molecule has 0 bridgehead atoms. The van der Waals surface area contributed by atoms with Crippen molar-refractivity contribution in [2.45, 2.75) is 25.9 Å². The minimum absolute atomic E-state index is 0.342. The van der Waals surface area contributed by atoms with Crippen LogP contribution in [-0.2, 0) is 16.0 Å². The second kappa shape index (κ2) is 12.9. The fraction of sp³-hybridized carbons (Fsp3) is 0.300. The molecular formula is C30H33NO5. The van der Waals surface area contributed by atoms with Gasteiger partial charge in [0, 0.05) is 32.7 Å². The van der Waals surface area contributed by atoms with Crippen LogP contribution in [-0.4, -0.2) is 54.9 Å². The van der Waals surface area contributed by atoms with Gasteiger partial charge in [0.2, 0.25) is 0 Å². The zero-order valence-corrected chi connectivity index (χ0v) is 20.6. The predicted molar refractivity (Wildman–Crippen MR) is 141 cm³/mol. The van der Waals surface area contributed by atoms with Gasteiger partial charge in [0.1, 0.15) is 23.9 Å². The molecule has 0 saturated heterocycles. The minimum Gasteiger partial charge on any atom is -0.492 e. The number of hydrogen-bond acceptors (Lipinski definition) is 5. The number of para-hydroxylation sites is 1. The van der Waals surface area contributed by atoms with Gasteiger partial charge in [0.05, 0.1) is 0 Å². The fourth-order valence-corrected chi connectivity index (χ4v) is 4.19. The first-order chi connectivity index (χ1) is 17.6. The van der Waals surface area contributed by atoms with E-state index in [9.17, 15) is 9.90 Å². The van der Waals surface area contributed by atoms with Crippen LogP contribution in [0.4, 0.5) is 0 Å². The summed E-state index contributed by atoms with van der Waals surface area (Å²) in [5, 5.41) is 9.24. The summed E-state index contributed by atoms with van der Waals surface area (Å²) in [6.07, 6.45) is 2.81. The molecule has 0 saturated carbocycles. The summed E-state index contributed by atoms with van der Waals surface area (Å²) in [4.78, 5) is 13.6. The van der Waals surface area contributed by atoms with E-state index in [1.165, 1.54) is 11.1 Å². The molecule has 0 spiro atoms. The van der Waals surface area contributed by atoms with Crippen LogP contribution in [0.5, 0.6) is 17.2 Å². The van der Waals surface area contributed by atoms with E-state index in [4.69, 9.17) is 14.2 Å². The largest absolute Gasteiger partial charge is 0.492 e. The molecule has 1 aliphatic heterocycles. The molecule has 188 valence electrons. The molecule has 6 nitrogen and oxygen atoms in total. The minimum atomic E-state index is -0.940. The molecule has 0 aromatic heterocycles. The van der Waals surface area contributed by atoms with E-state index < -0.39 is 12.1 Å². The first-order valence-electron chi connectivity index (χ1n) is 12.4. The number of ether oxygens (including phenoxy) is 3. The monoisotopic (exact) mass is 487 g/mol. The Labute approximate surface area is 212 Å². The summed E-state index contributed by atoms with van der Waals surface area (Å²) in [5.74, 6) is 1.52. The maximum absolute atomic E-state index is 11.3. The molecule has 1 unspecified atom stereocenters. The van der Waals surface area contributed by atoms with Crippen LogP contribution in [0.3, 0.4) is 0 Å². The number of carboxylic acids is 1. The van der Waals surface area contributed by atoms with Crippen molar-refractivity contribution in [3.63, 3.8) is 0 Å². The third-order valence-electron chi connectivity index (χ3n) is 6.16. The molecule has 3 aromatic rings. The van der Waals surface area contributed by atoms with Crippen molar-refractivity contribution in [3.05, 3.63) is 96.1 Å². The second-order valence-electron chi connectivity index (χ2n) is 8.70. The van der Waals surface area contributed by atoms with Crippen LogP contribution >= 0.6 is 0 Å². The van der Waals surface area contributed by atoms with Crippen molar-refractivity contribution in [2.24, 2.45) is 0 Å². The highest BCUT2D eigenvalue weighted by atomic mass is 16.5. The van der Waals surface area contributed by atoms with Gasteiger partial charge in [0.15, 0.2) is 6.10 Å². The van der Waals surface area contributed by atoms with E-state index >= 15 is 0 Å². The quantitative estimate of drug-likeness (QED) is 0.355. The topological polar surface area (TPSA) is 68.2 Å². The Morgan fingerprint density at radius 3 is 2.28 bits per heavy atom. The summed E-state index contributed by atoms with van der Waals surface area (Å²) in [7, 11) is 0. The van der Waals surface area contributed by atoms with E-state index in [-0.39, 0.29) is 0 Å². The number of nitrogens with zero attached hydrogens (tertiary/aromatic N) is 1. The lowest BCUT2D eigenvalue weighted by molar-refractivity contribution is -0.149. The Hall–Kier alpha value is -3.61. The molecule has 0 aliphatic carbocycles. The number of benzene rings is 3. The molecule has 0 amide bonds. The number of hydrogen-bond donors (Lipinski definition) is 1. The lowest BCUT2D eigenvalue weighted by Crippen LogP contribution is -2.32. The molecule has 1 atom stereocenters. The van der Waals surface area contributed by atoms with Gasteiger partial charge in [-0.15, -0.1) is 0 Å². The van der Waals surface area contributed by atoms with Crippen molar-refractivity contribution in [2.75, 3.05) is 32.8 Å². The molecule has 0 radical (unpaired) electrons. The SMILES string of the molecule is CCOC(Cc1ccc(OCCN2CC=C(c3ccc(Oc4ccccc4)cc3)CC2)cc1)C(=O)O. The van der Waals surface area contributed by atoms with Crippen LogP contribution in [0, 0.1) is 0 Å². The van der Waals surface area contributed by atoms with E-state index in [1.807, 2.05) is 66.7 Å². The molecule has 1 heterocycles. The highest BCUT2D eigenvalue weighted by Gasteiger charge is 2.18. The molecule has 6 heteroatoms. The maximum atomic E-state index is 11.3. The highest BCUT2D eigenvalue weighted by Crippen LogP contribution is 2.26. The normalized spacial score (nSPS) is 14.6. The molecule has 3 aromatic carbocycles. The van der Waals surface area contributed by atoms with E-state index in [0.29, 0.717) is 19.6 Å². The van der Waals surface area contributed by atoms with E-state index in [1.54, 1.807) is 6.92 Å². The van der Waals surface area contributed by atoms with Crippen molar-refractivity contribution in [1.82, 2.24) is 4.90 Å². The zero-order valence-electron chi connectivity index (χ0n) is 20.6. The third-order valence-corrected chi connectivity index (χ3v) is 6.16. The van der Waals surface area contributed by atoms with Crippen molar-refractivity contribution >= 4 is 11.5 Å². The summed E-state index contributed by atoms with van der Waals surface area (Å²) in [6, 6.07) is 25.7. The predicted octanol–water partition coefficient (Wildman–Crippen LogP) is 5.68. The van der Waals surface area contributed by atoms with Crippen molar-refractivity contribution in [3.8, 4) is 17.2 Å². The Balaban J connectivity index is 1.20. The van der Waals surface area contributed by atoms with Gasteiger partial charge in [-0.25, -0.2) is 4.79 Å². The molecule has 1 aliphatic rings. The van der Waals surface area contributed by atoms with Gasteiger partial charge in [-0.05, 0) is 66.4 Å². The molecule has 1 N–H and O–H groups in total. The second-order valence-corrected chi connectivity index (χ2v) is 8.70. The third kappa shape index (κ3) is 7.44. The van der Waals surface area contributed by atoms with Crippen molar-refractivity contribution in [1.29, 1.82) is 0 Å². The molecular weight excluding hydrogens is 454 g/mol. The van der Waals surface area contributed by atoms with Gasteiger partial charge in [-0.3, -0.25) is 4.90 Å². The fourth-order valence-electron chi connectivity index (χ4n) is 4.19. The van der Waals surface area contributed by atoms with Gasteiger partial charge in [-0.2, -0.15) is 0 Å². The van der Waals surface area contributed by atoms with Gasteiger partial charge in [0.25, 0.3) is 0 Å². The Morgan fingerprint density at radius 1 is 0.944 bits per heavy atom. The summed E-state index contributed by atoms with van der Waals surface area (Å²) in [5.41, 5.74) is 3.51. The average Bonchev–Trinajstić information content (AvgIpc) is 2.91. The first-order valence-corrected chi connectivity index (χ1v) is 12.4. The lowest BCUT2D eigenvalue weighted by Gasteiger charge is -2.26. The van der Waals surface area contributed by atoms with Gasteiger partial charge in [-0.1, -0.05) is 48.5 Å². The van der Waals surface area contributed by atoms with Crippen molar-refractivity contribution < 1.29 is 24.1 Å². The zero-order chi connectivity index (χ0) is 25.2. The maximum Gasteiger partial charge on any atom is 0.333 e. The van der Waals surface area contributed by atoms with Crippen LogP contribution in [0.2, 0.25) is 0 Å². The number of aliphatic carboxylic acids is 1. The Bertz CT molecular complexity index is 1130. The summed E-state index contributed by atoms with van der Waals surface area (Å²) in [6.45, 7) is 5.51. The number of carboxylic acid groups (broad SMARTS) is 1. The highest BCUT2D eigenvalue weighted by molar-refractivity contribution is 5.72. The summed E-state index contributed by atoms with van der Waals surface area (Å²) >= 11 is 0. The van der Waals surface area contributed by atoms with Crippen LogP contribution in [0.1, 0.15) is 24.5 Å². The van der Waals surface area contributed by atoms with Gasteiger partial charge < -0.3 is 19.3 Å². The average molecular weight is 488 g/mol. The van der Waals surface area contributed by atoms with Crippen LogP contribution in [0.15, 0.2) is 84.9 Å². The van der Waals surface area contributed by atoms with E-state index in [0.717, 1.165) is 48.9 Å².